The number of rotatable bonds is 5. The SMILES string of the molecule is O=CC(CCc1ccc2c(n1)NCCC2)N1CCCCC1. The van der Waals surface area contributed by atoms with Crippen molar-refractivity contribution in [2.45, 2.75) is 51.0 Å². The van der Waals surface area contributed by atoms with Gasteiger partial charge in [0.25, 0.3) is 0 Å². The Kier molecular flexibility index (Phi) is 4.86. The smallest absolute Gasteiger partial charge is 0.137 e. The molecule has 0 amide bonds. The van der Waals surface area contributed by atoms with E-state index in [0.717, 1.165) is 56.7 Å². The molecule has 1 aromatic rings. The van der Waals surface area contributed by atoms with Crippen molar-refractivity contribution in [3.63, 3.8) is 0 Å². The van der Waals surface area contributed by atoms with Crippen molar-refractivity contribution in [1.82, 2.24) is 9.88 Å². The van der Waals surface area contributed by atoms with Crippen LogP contribution in [0.25, 0.3) is 0 Å². The van der Waals surface area contributed by atoms with E-state index in [1.807, 2.05) is 0 Å². The van der Waals surface area contributed by atoms with Crippen LogP contribution in [0.3, 0.4) is 0 Å². The lowest BCUT2D eigenvalue weighted by molar-refractivity contribution is -0.113. The van der Waals surface area contributed by atoms with Crippen LogP contribution in [0.2, 0.25) is 0 Å². The summed E-state index contributed by atoms with van der Waals surface area (Å²) in [6.07, 6.45) is 8.97. The number of likely N-dealkylation sites (tertiary alicyclic amines) is 1. The monoisotopic (exact) mass is 287 g/mol. The molecule has 0 aromatic carbocycles. The normalized spacial score (nSPS) is 20.4. The van der Waals surface area contributed by atoms with Crippen molar-refractivity contribution in [2.75, 3.05) is 25.0 Å². The number of aromatic nitrogens is 1. The molecule has 3 rings (SSSR count). The fourth-order valence-electron chi connectivity index (χ4n) is 3.39. The van der Waals surface area contributed by atoms with Crippen LogP contribution in [0.5, 0.6) is 0 Å². The second-order valence-electron chi connectivity index (χ2n) is 6.18. The zero-order valence-electron chi connectivity index (χ0n) is 12.7. The number of pyridine rings is 1. The first-order valence-corrected chi connectivity index (χ1v) is 8.29. The van der Waals surface area contributed by atoms with Gasteiger partial charge in [-0.15, -0.1) is 0 Å². The van der Waals surface area contributed by atoms with Crippen molar-refractivity contribution in [3.05, 3.63) is 23.4 Å². The Morgan fingerprint density at radius 3 is 2.90 bits per heavy atom. The second kappa shape index (κ2) is 7.03. The van der Waals surface area contributed by atoms with Crippen LogP contribution in [0, 0.1) is 0 Å². The highest BCUT2D eigenvalue weighted by Crippen LogP contribution is 2.21. The van der Waals surface area contributed by atoms with Crippen LogP contribution >= 0.6 is 0 Å². The Labute approximate surface area is 126 Å². The van der Waals surface area contributed by atoms with Crippen LogP contribution in [0.1, 0.15) is 43.4 Å². The summed E-state index contributed by atoms with van der Waals surface area (Å²) in [4.78, 5) is 18.4. The quantitative estimate of drug-likeness (QED) is 0.845. The van der Waals surface area contributed by atoms with E-state index in [0.29, 0.717) is 0 Å². The predicted octanol–water partition coefficient (Wildman–Crippen LogP) is 2.43. The zero-order valence-corrected chi connectivity index (χ0v) is 12.7. The van der Waals surface area contributed by atoms with Gasteiger partial charge in [-0.25, -0.2) is 4.98 Å². The highest BCUT2D eigenvalue weighted by molar-refractivity contribution is 5.57. The molecule has 0 aliphatic carbocycles. The van der Waals surface area contributed by atoms with Crippen molar-refractivity contribution < 1.29 is 4.79 Å². The van der Waals surface area contributed by atoms with Crippen molar-refractivity contribution >= 4 is 12.1 Å². The minimum absolute atomic E-state index is 0.0658. The lowest BCUT2D eigenvalue weighted by Crippen LogP contribution is -2.40. The number of nitrogens with one attached hydrogen (secondary N) is 1. The first-order valence-electron chi connectivity index (χ1n) is 8.29. The molecule has 2 aliphatic rings. The molecule has 1 aromatic heterocycles. The lowest BCUT2D eigenvalue weighted by Gasteiger charge is -2.31. The van der Waals surface area contributed by atoms with Gasteiger partial charge < -0.3 is 10.1 Å². The van der Waals surface area contributed by atoms with E-state index in [1.165, 1.54) is 31.2 Å². The van der Waals surface area contributed by atoms with Gasteiger partial charge >= 0.3 is 0 Å². The number of anilines is 1. The van der Waals surface area contributed by atoms with Crippen molar-refractivity contribution in [3.8, 4) is 0 Å². The molecule has 0 bridgehead atoms. The maximum atomic E-state index is 11.4. The average molecular weight is 287 g/mol. The van der Waals surface area contributed by atoms with Gasteiger partial charge in [0.15, 0.2) is 0 Å². The molecule has 2 aliphatic heterocycles. The fraction of sp³-hybridized carbons (Fsp3) is 0.647. The minimum atomic E-state index is 0.0658. The third-order valence-corrected chi connectivity index (χ3v) is 4.66. The zero-order chi connectivity index (χ0) is 14.5. The maximum absolute atomic E-state index is 11.4. The molecule has 21 heavy (non-hydrogen) atoms. The Morgan fingerprint density at radius 2 is 2.10 bits per heavy atom. The van der Waals surface area contributed by atoms with Crippen molar-refractivity contribution in [2.24, 2.45) is 0 Å². The van der Waals surface area contributed by atoms with Gasteiger partial charge in [-0.2, -0.15) is 0 Å². The molecule has 0 radical (unpaired) electrons. The average Bonchev–Trinajstić information content (AvgIpc) is 2.56. The third kappa shape index (κ3) is 3.62. The van der Waals surface area contributed by atoms with Gasteiger partial charge in [0.05, 0.1) is 6.04 Å². The number of fused-ring (bicyclic) bond motifs is 1. The van der Waals surface area contributed by atoms with Gasteiger partial charge in [0, 0.05) is 12.2 Å². The molecule has 1 atom stereocenters. The fourth-order valence-corrected chi connectivity index (χ4v) is 3.39. The molecule has 1 unspecified atom stereocenters. The molecular weight excluding hydrogens is 262 g/mol. The topological polar surface area (TPSA) is 45.2 Å². The summed E-state index contributed by atoms with van der Waals surface area (Å²) >= 11 is 0. The molecule has 114 valence electrons. The first-order chi connectivity index (χ1) is 10.4. The number of carbonyl (C=O) groups is 1. The minimum Gasteiger partial charge on any atom is -0.370 e. The molecule has 3 heterocycles. The largest absolute Gasteiger partial charge is 0.370 e. The van der Waals surface area contributed by atoms with Crippen LogP contribution in [0.4, 0.5) is 5.82 Å². The summed E-state index contributed by atoms with van der Waals surface area (Å²) in [6.45, 7) is 3.17. The number of aldehydes is 1. The van der Waals surface area contributed by atoms with Crippen LogP contribution in [-0.4, -0.2) is 41.8 Å². The first kappa shape index (κ1) is 14.5. The van der Waals surface area contributed by atoms with Gasteiger partial charge in [-0.1, -0.05) is 12.5 Å². The Morgan fingerprint density at radius 1 is 1.24 bits per heavy atom. The lowest BCUT2D eigenvalue weighted by atomic mass is 10.0. The van der Waals surface area contributed by atoms with E-state index < -0.39 is 0 Å². The van der Waals surface area contributed by atoms with Crippen molar-refractivity contribution in [1.29, 1.82) is 0 Å². The highest BCUT2D eigenvalue weighted by atomic mass is 16.1. The van der Waals surface area contributed by atoms with E-state index in [4.69, 9.17) is 4.98 Å². The van der Waals surface area contributed by atoms with E-state index in [-0.39, 0.29) is 6.04 Å². The number of piperidine rings is 1. The summed E-state index contributed by atoms with van der Waals surface area (Å²) in [5.74, 6) is 1.05. The summed E-state index contributed by atoms with van der Waals surface area (Å²) < 4.78 is 0. The Hall–Kier alpha value is -1.42. The van der Waals surface area contributed by atoms with Crippen LogP contribution in [-0.2, 0) is 17.6 Å². The third-order valence-electron chi connectivity index (χ3n) is 4.66. The molecule has 4 heteroatoms. The van der Waals surface area contributed by atoms with E-state index >= 15 is 0 Å². The number of nitrogens with zero attached hydrogens (tertiary/aromatic N) is 2. The number of hydrogen-bond donors (Lipinski definition) is 1. The summed E-state index contributed by atoms with van der Waals surface area (Å²) in [5, 5.41) is 3.38. The second-order valence-corrected chi connectivity index (χ2v) is 6.18. The Bertz CT molecular complexity index is 483. The molecule has 1 N–H and O–H groups in total. The number of aryl methyl sites for hydroxylation is 2. The maximum Gasteiger partial charge on any atom is 0.137 e. The number of hydrogen-bond acceptors (Lipinski definition) is 4. The molecule has 0 saturated carbocycles. The van der Waals surface area contributed by atoms with E-state index in [9.17, 15) is 4.79 Å². The molecular formula is C17H25N3O. The number of carbonyl (C=O) groups excluding carboxylic acids is 1. The Balaban J connectivity index is 1.59. The van der Waals surface area contributed by atoms with E-state index in [2.05, 4.69) is 22.3 Å². The summed E-state index contributed by atoms with van der Waals surface area (Å²) in [6, 6.07) is 4.39. The highest BCUT2D eigenvalue weighted by Gasteiger charge is 2.20. The standard InChI is InChI=1S/C17H25N3O/c21-13-16(20-11-2-1-3-12-20)9-8-15-7-6-14-5-4-10-18-17(14)19-15/h6-7,13,16H,1-5,8-12H2,(H,18,19). The van der Waals surface area contributed by atoms with Gasteiger partial charge in [0.2, 0.25) is 0 Å². The molecule has 4 nitrogen and oxygen atoms in total. The summed E-state index contributed by atoms with van der Waals surface area (Å²) in [7, 11) is 0. The van der Waals surface area contributed by atoms with Crippen LogP contribution in [0.15, 0.2) is 12.1 Å². The van der Waals surface area contributed by atoms with Gasteiger partial charge in [-0.3, -0.25) is 4.90 Å². The molecule has 0 spiro atoms. The van der Waals surface area contributed by atoms with Gasteiger partial charge in [-0.05, 0) is 63.2 Å². The predicted molar refractivity (Wildman–Crippen MR) is 84.6 cm³/mol. The van der Waals surface area contributed by atoms with Crippen LogP contribution < -0.4 is 5.32 Å². The molecule has 1 fully saturated rings. The summed E-state index contributed by atoms with van der Waals surface area (Å²) in [5.41, 5.74) is 2.43. The molecule has 1 saturated heterocycles. The van der Waals surface area contributed by atoms with E-state index in [1.54, 1.807) is 0 Å². The van der Waals surface area contributed by atoms with Gasteiger partial charge in [0.1, 0.15) is 12.1 Å².